The van der Waals surface area contributed by atoms with E-state index in [0.717, 1.165) is 11.3 Å². The Hall–Kier alpha value is -2.21. The number of rotatable bonds is 2. The maximum Gasteiger partial charge on any atom is 0.197 e. The summed E-state index contributed by atoms with van der Waals surface area (Å²) < 4.78 is 1.71. The number of hydrogen-bond acceptors (Lipinski definition) is 4. The molecule has 7 heteroatoms. The molecule has 0 fully saturated rings. The van der Waals surface area contributed by atoms with E-state index in [1.165, 1.54) is 0 Å². The molecule has 6 nitrogen and oxygen atoms in total. The first-order valence-corrected chi connectivity index (χ1v) is 5.63. The van der Waals surface area contributed by atoms with Crippen LogP contribution in [0.3, 0.4) is 0 Å². The van der Waals surface area contributed by atoms with Crippen LogP contribution in [0.1, 0.15) is 0 Å². The van der Waals surface area contributed by atoms with Gasteiger partial charge in [0.05, 0.1) is 11.9 Å². The SMILES string of the molecule is Cn1cc(-c2cc(Cl)nc(-c3ncc[nH]3)n2)cn1. The summed E-state index contributed by atoms with van der Waals surface area (Å²) in [5.41, 5.74) is 1.60. The lowest BCUT2D eigenvalue weighted by atomic mass is 10.2. The summed E-state index contributed by atoms with van der Waals surface area (Å²) in [5, 5.41) is 4.48. The van der Waals surface area contributed by atoms with Crippen LogP contribution in [0.15, 0.2) is 30.9 Å². The molecule has 0 spiro atoms. The van der Waals surface area contributed by atoms with Crippen molar-refractivity contribution in [3.63, 3.8) is 0 Å². The number of aromatic nitrogens is 6. The molecule has 0 aliphatic carbocycles. The fraction of sp³-hybridized carbons (Fsp3) is 0.0909. The van der Waals surface area contributed by atoms with Crippen LogP contribution in [0.4, 0.5) is 0 Å². The minimum absolute atomic E-state index is 0.371. The van der Waals surface area contributed by atoms with Crippen molar-refractivity contribution in [3.05, 3.63) is 36.0 Å². The minimum Gasteiger partial charge on any atom is -0.342 e. The molecule has 3 heterocycles. The molecule has 0 aliphatic heterocycles. The lowest BCUT2D eigenvalue weighted by Gasteiger charge is -2.01. The normalized spacial score (nSPS) is 10.8. The number of hydrogen-bond donors (Lipinski definition) is 1. The average molecular weight is 261 g/mol. The van der Waals surface area contributed by atoms with Crippen molar-refractivity contribution in [2.75, 3.05) is 0 Å². The Kier molecular flexibility index (Phi) is 2.56. The maximum absolute atomic E-state index is 6.00. The van der Waals surface area contributed by atoms with Crippen molar-refractivity contribution in [1.29, 1.82) is 0 Å². The van der Waals surface area contributed by atoms with E-state index in [9.17, 15) is 0 Å². The van der Waals surface area contributed by atoms with E-state index in [0.29, 0.717) is 16.8 Å². The first kappa shape index (κ1) is 10.9. The zero-order valence-electron chi connectivity index (χ0n) is 9.50. The Bertz CT molecular complexity index is 673. The molecule has 18 heavy (non-hydrogen) atoms. The van der Waals surface area contributed by atoms with Crippen molar-refractivity contribution < 1.29 is 0 Å². The summed E-state index contributed by atoms with van der Waals surface area (Å²) in [4.78, 5) is 15.6. The maximum atomic E-state index is 6.00. The van der Waals surface area contributed by atoms with Crippen molar-refractivity contribution in [2.45, 2.75) is 0 Å². The Labute approximate surface area is 108 Å². The van der Waals surface area contributed by atoms with Gasteiger partial charge in [-0.15, -0.1) is 0 Å². The molecule has 0 bridgehead atoms. The molecule has 0 saturated carbocycles. The molecule has 0 aliphatic rings. The molecule has 0 amide bonds. The summed E-state index contributed by atoms with van der Waals surface area (Å²) in [6, 6.07) is 1.70. The zero-order chi connectivity index (χ0) is 12.5. The van der Waals surface area contributed by atoms with Gasteiger partial charge in [0, 0.05) is 37.3 Å². The van der Waals surface area contributed by atoms with Crippen LogP contribution in [0, 0.1) is 0 Å². The van der Waals surface area contributed by atoms with Crippen LogP contribution >= 0.6 is 11.6 Å². The van der Waals surface area contributed by atoms with Gasteiger partial charge in [-0.3, -0.25) is 4.68 Å². The second kappa shape index (κ2) is 4.23. The van der Waals surface area contributed by atoms with Crippen LogP contribution in [0.25, 0.3) is 22.9 Å². The van der Waals surface area contributed by atoms with Crippen molar-refractivity contribution in [1.82, 2.24) is 29.7 Å². The van der Waals surface area contributed by atoms with Gasteiger partial charge >= 0.3 is 0 Å². The van der Waals surface area contributed by atoms with Gasteiger partial charge in [-0.1, -0.05) is 11.6 Å². The number of nitrogens with zero attached hydrogens (tertiary/aromatic N) is 5. The first-order chi connectivity index (χ1) is 8.72. The Balaban J connectivity index is 2.11. The highest BCUT2D eigenvalue weighted by Gasteiger charge is 2.10. The van der Waals surface area contributed by atoms with E-state index in [-0.39, 0.29) is 0 Å². The third-order valence-corrected chi connectivity index (χ3v) is 2.60. The quantitative estimate of drug-likeness (QED) is 0.715. The fourth-order valence-electron chi connectivity index (χ4n) is 1.61. The molecule has 0 atom stereocenters. The zero-order valence-corrected chi connectivity index (χ0v) is 10.3. The molecule has 0 radical (unpaired) electrons. The number of H-pyrrole nitrogens is 1. The van der Waals surface area contributed by atoms with Gasteiger partial charge in [0.2, 0.25) is 0 Å². The van der Waals surface area contributed by atoms with Gasteiger partial charge in [0.25, 0.3) is 0 Å². The lowest BCUT2D eigenvalue weighted by molar-refractivity contribution is 0.768. The molecule has 3 rings (SSSR count). The highest BCUT2D eigenvalue weighted by atomic mass is 35.5. The highest BCUT2D eigenvalue weighted by Crippen LogP contribution is 2.22. The molecular formula is C11H9ClN6. The van der Waals surface area contributed by atoms with E-state index in [2.05, 4.69) is 25.0 Å². The van der Waals surface area contributed by atoms with E-state index in [1.54, 1.807) is 29.3 Å². The molecule has 0 aromatic carbocycles. The predicted octanol–water partition coefficient (Wildman–Crippen LogP) is 1.92. The average Bonchev–Trinajstić information content (AvgIpc) is 2.98. The summed E-state index contributed by atoms with van der Waals surface area (Å²) in [5.74, 6) is 1.05. The molecular weight excluding hydrogens is 252 g/mol. The van der Waals surface area contributed by atoms with Gasteiger partial charge in [-0.25, -0.2) is 15.0 Å². The summed E-state index contributed by atoms with van der Waals surface area (Å²) in [6.07, 6.45) is 6.95. The predicted molar refractivity (Wildman–Crippen MR) is 66.8 cm³/mol. The van der Waals surface area contributed by atoms with Crippen LogP contribution in [-0.4, -0.2) is 29.7 Å². The second-order valence-electron chi connectivity index (χ2n) is 3.74. The van der Waals surface area contributed by atoms with E-state index < -0.39 is 0 Å². The standard InChI is InChI=1S/C11H9ClN6/c1-18-6-7(5-15-18)8-4-9(12)17-11(16-8)10-13-2-3-14-10/h2-6H,1H3,(H,13,14). The third-order valence-electron chi connectivity index (χ3n) is 2.41. The van der Waals surface area contributed by atoms with Gasteiger partial charge in [0.1, 0.15) is 5.15 Å². The highest BCUT2D eigenvalue weighted by molar-refractivity contribution is 6.29. The summed E-state index contributed by atoms with van der Waals surface area (Å²) >= 11 is 6.00. The largest absolute Gasteiger partial charge is 0.342 e. The molecule has 3 aromatic heterocycles. The third kappa shape index (κ3) is 1.98. The van der Waals surface area contributed by atoms with Crippen molar-refractivity contribution >= 4 is 11.6 Å². The smallest absolute Gasteiger partial charge is 0.197 e. The van der Waals surface area contributed by atoms with Crippen LogP contribution in [0.5, 0.6) is 0 Å². The fourth-order valence-corrected chi connectivity index (χ4v) is 1.80. The van der Waals surface area contributed by atoms with Gasteiger partial charge in [0.15, 0.2) is 11.6 Å². The Morgan fingerprint density at radius 3 is 2.89 bits per heavy atom. The number of aromatic amines is 1. The topological polar surface area (TPSA) is 72.3 Å². The van der Waals surface area contributed by atoms with E-state index >= 15 is 0 Å². The van der Waals surface area contributed by atoms with E-state index in [4.69, 9.17) is 11.6 Å². The number of imidazole rings is 1. The second-order valence-corrected chi connectivity index (χ2v) is 4.13. The number of halogens is 1. The van der Waals surface area contributed by atoms with Crippen molar-refractivity contribution in [3.8, 4) is 22.9 Å². The molecule has 1 N–H and O–H groups in total. The van der Waals surface area contributed by atoms with Gasteiger partial charge in [-0.2, -0.15) is 5.10 Å². The Morgan fingerprint density at radius 1 is 1.33 bits per heavy atom. The first-order valence-electron chi connectivity index (χ1n) is 5.26. The van der Waals surface area contributed by atoms with E-state index in [1.807, 2.05) is 13.2 Å². The van der Waals surface area contributed by atoms with Crippen molar-refractivity contribution in [2.24, 2.45) is 7.05 Å². The molecule has 0 unspecified atom stereocenters. The molecule has 0 saturated heterocycles. The number of aryl methyl sites for hydroxylation is 1. The monoisotopic (exact) mass is 260 g/mol. The lowest BCUT2D eigenvalue weighted by Crippen LogP contribution is -1.94. The van der Waals surface area contributed by atoms with Crippen LogP contribution in [-0.2, 0) is 7.05 Å². The number of nitrogens with one attached hydrogen (secondary N) is 1. The summed E-state index contributed by atoms with van der Waals surface area (Å²) in [6.45, 7) is 0. The minimum atomic E-state index is 0.371. The van der Waals surface area contributed by atoms with Crippen LogP contribution < -0.4 is 0 Å². The van der Waals surface area contributed by atoms with Gasteiger partial charge in [-0.05, 0) is 0 Å². The van der Waals surface area contributed by atoms with Gasteiger partial charge < -0.3 is 4.98 Å². The molecule has 90 valence electrons. The molecule has 3 aromatic rings. The van der Waals surface area contributed by atoms with Crippen LogP contribution in [0.2, 0.25) is 5.15 Å². The Morgan fingerprint density at radius 2 is 2.22 bits per heavy atom. The summed E-state index contributed by atoms with van der Waals surface area (Å²) in [7, 11) is 1.85.